The van der Waals surface area contributed by atoms with Gasteiger partial charge >= 0.3 is 0 Å². The Morgan fingerprint density at radius 1 is 0.893 bits per heavy atom. The van der Waals surface area contributed by atoms with Crippen LogP contribution in [-0.2, 0) is 25.0 Å². The molecule has 0 unspecified atom stereocenters. The number of ether oxygens (including phenoxy) is 2. The number of hydrogen-bond acceptors (Lipinski definition) is 9. The molecule has 0 bridgehead atoms. The molecule has 0 saturated carbocycles. The molecule has 2 rings (SSSR count). The maximum Gasteiger partial charge on any atom is 0.299 e. The molecule has 0 fully saturated rings. The fourth-order valence-corrected chi connectivity index (χ4v) is 4.99. The first-order valence-corrected chi connectivity index (χ1v) is 10.2. The molecule has 0 spiro atoms. The van der Waals surface area contributed by atoms with Gasteiger partial charge in [-0.05, 0) is 30.3 Å². The lowest BCUT2D eigenvalue weighted by Gasteiger charge is -2.34. The van der Waals surface area contributed by atoms with Crippen molar-refractivity contribution in [3.8, 4) is 5.75 Å². The van der Waals surface area contributed by atoms with Crippen molar-refractivity contribution in [1.29, 1.82) is 0 Å². The molecular formula is C15H16O11S2. The topological polar surface area (TPSA) is 185 Å². The molecule has 0 aliphatic heterocycles. The fourth-order valence-electron chi connectivity index (χ4n) is 2.60. The highest BCUT2D eigenvalue weighted by atomic mass is 32.3. The number of hydrogen-bond donors (Lipinski definition) is 4. The number of methoxy groups -OCH3 is 2. The van der Waals surface area contributed by atoms with Crippen LogP contribution in [0.25, 0.3) is 0 Å². The van der Waals surface area contributed by atoms with Gasteiger partial charge in [-0.3, -0.25) is 13.9 Å². The fraction of sp³-hybridized carbons (Fsp3) is 0.267. The maximum absolute atomic E-state index is 12.7. The quantitative estimate of drug-likeness (QED) is 0.256. The van der Waals surface area contributed by atoms with E-state index in [1.165, 1.54) is 31.4 Å². The molecule has 0 atom stereocenters. The number of benzene rings is 1. The van der Waals surface area contributed by atoms with E-state index in [9.17, 15) is 40.9 Å². The van der Waals surface area contributed by atoms with Gasteiger partial charge in [0.2, 0.25) is 5.79 Å². The Labute approximate surface area is 160 Å². The predicted molar refractivity (Wildman–Crippen MR) is 93.5 cm³/mol. The molecule has 0 heterocycles. The van der Waals surface area contributed by atoms with Crippen molar-refractivity contribution in [2.75, 3.05) is 14.2 Å². The summed E-state index contributed by atoms with van der Waals surface area (Å²) in [4.78, 5) is 12.7. The Balaban J connectivity index is 2.81. The summed E-state index contributed by atoms with van der Waals surface area (Å²) in [5, 5.41) is 20.3. The van der Waals surface area contributed by atoms with Crippen LogP contribution in [0.4, 0.5) is 0 Å². The van der Waals surface area contributed by atoms with Gasteiger partial charge in [0.1, 0.15) is 11.5 Å². The third-order valence-corrected chi connectivity index (χ3v) is 7.42. The smallest absolute Gasteiger partial charge is 0.299 e. The summed E-state index contributed by atoms with van der Waals surface area (Å²) in [5.41, 5.74) is -1.36. The van der Waals surface area contributed by atoms with E-state index in [1.807, 2.05) is 0 Å². The van der Waals surface area contributed by atoms with Crippen LogP contribution in [0, 0.1) is 0 Å². The van der Waals surface area contributed by atoms with E-state index in [0.29, 0.717) is 5.75 Å². The zero-order chi connectivity index (χ0) is 21.5. The van der Waals surface area contributed by atoms with E-state index in [2.05, 4.69) is 4.74 Å². The van der Waals surface area contributed by atoms with Gasteiger partial charge in [-0.1, -0.05) is 0 Å². The molecule has 0 aromatic heterocycles. The Bertz CT molecular complexity index is 1030. The van der Waals surface area contributed by atoms with Crippen molar-refractivity contribution >= 4 is 26.0 Å². The minimum atomic E-state index is -5.72. The molecule has 28 heavy (non-hydrogen) atoms. The number of ketones is 1. The van der Waals surface area contributed by atoms with Crippen molar-refractivity contribution in [3.05, 3.63) is 53.3 Å². The third kappa shape index (κ3) is 3.43. The number of rotatable bonds is 6. The monoisotopic (exact) mass is 436 g/mol. The van der Waals surface area contributed by atoms with Gasteiger partial charge in [-0.25, -0.2) is 0 Å². The summed E-state index contributed by atoms with van der Waals surface area (Å²) in [7, 11) is -9.32. The highest BCUT2D eigenvalue weighted by molar-refractivity contribution is 8.05. The first kappa shape index (κ1) is 22.0. The molecule has 4 N–H and O–H groups in total. The van der Waals surface area contributed by atoms with Crippen LogP contribution < -0.4 is 4.74 Å². The van der Waals surface area contributed by atoms with Gasteiger partial charge in [0.15, 0.2) is 5.78 Å². The van der Waals surface area contributed by atoms with E-state index >= 15 is 0 Å². The number of aliphatic hydroxyl groups is 2. The Kier molecular flexibility index (Phi) is 5.46. The van der Waals surface area contributed by atoms with Crippen LogP contribution in [0.5, 0.6) is 5.75 Å². The van der Waals surface area contributed by atoms with Gasteiger partial charge in [-0.15, -0.1) is 0 Å². The Hall–Kier alpha value is -2.29. The zero-order valence-electron chi connectivity index (χ0n) is 14.4. The van der Waals surface area contributed by atoms with E-state index in [1.54, 1.807) is 0 Å². The zero-order valence-corrected chi connectivity index (χ0v) is 16.1. The van der Waals surface area contributed by atoms with E-state index < -0.39 is 47.2 Å². The lowest BCUT2D eigenvalue weighted by Crippen LogP contribution is -2.52. The van der Waals surface area contributed by atoms with Crippen molar-refractivity contribution in [3.63, 3.8) is 0 Å². The van der Waals surface area contributed by atoms with Gasteiger partial charge in [0, 0.05) is 11.6 Å². The van der Waals surface area contributed by atoms with Gasteiger partial charge in [0.05, 0.1) is 19.8 Å². The highest BCUT2D eigenvalue weighted by Gasteiger charge is 2.62. The lowest BCUT2D eigenvalue weighted by molar-refractivity contribution is -0.0864. The Morgan fingerprint density at radius 2 is 1.39 bits per heavy atom. The molecular weight excluding hydrogens is 420 g/mol. The second kappa shape index (κ2) is 6.95. The standard InChI is InChI=1S/C15H16O11S2/c1-25-10-5-3-9(4-6-10)13(16)11-7-15(27(19,20)21,28(22,23)24)12(26-2)8-14(11,17)18/h3-8,17-18H,1-2H3,(H,19,20,21)(H,22,23,24). The number of carbonyl (C=O) groups is 1. The maximum atomic E-state index is 12.7. The molecule has 0 saturated heterocycles. The average molecular weight is 436 g/mol. The number of Topliss-reactive ketones (excluding diaryl/α,β-unsaturated/α-hetero) is 1. The molecule has 13 heteroatoms. The van der Waals surface area contributed by atoms with Crippen molar-refractivity contribution in [2.45, 2.75) is 9.87 Å². The van der Waals surface area contributed by atoms with Gasteiger partial charge < -0.3 is 19.7 Å². The minimum absolute atomic E-state index is 0.0169. The van der Waals surface area contributed by atoms with E-state index in [0.717, 1.165) is 7.11 Å². The SMILES string of the molecule is COC1=CC(O)(O)C(C(=O)c2ccc(OC)cc2)=CC1(S(=O)(=O)O)S(=O)(=O)O. The average Bonchev–Trinajstić information content (AvgIpc) is 2.58. The van der Waals surface area contributed by atoms with Gasteiger partial charge in [-0.2, -0.15) is 16.8 Å². The molecule has 1 aromatic carbocycles. The predicted octanol–water partition coefficient (Wildman–Crippen LogP) is -0.499. The molecule has 1 aliphatic rings. The lowest BCUT2D eigenvalue weighted by atomic mass is 9.90. The van der Waals surface area contributed by atoms with Crippen molar-refractivity contribution in [1.82, 2.24) is 0 Å². The summed E-state index contributed by atoms with van der Waals surface area (Å²) >= 11 is 0. The van der Waals surface area contributed by atoms with Crippen LogP contribution in [0.2, 0.25) is 0 Å². The summed E-state index contributed by atoms with van der Waals surface area (Å²) in [6.07, 6.45) is 0.189. The normalized spacial score (nSPS) is 18.6. The molecule has 154 valence electrons. The summed E-state index contributed by atoms with van der Waals surface area (Å²) in [5.74, 6) is -5.27. The van der Waals surface area contributed by atoms with Crippen molar-refractivity contribution in [2.24, 2.45) is 0 Å². The molecule has 0 amide bonds. The van der Waals surface area contributed by atoms with Crippen LogP contribution in [0.15, 0.2) is 47.7 Å². The first-order chi connectivity index (χ1) is 12.7. The van der Waals surface area contributed by atoms with Crippen molar-refractivity contribution < 1.29 is 50.4 Å². The van der Waals surface area contributed by atoms with E-state index in [-0.39, 0.29) is 17.7 Å². The largest absolute Gasteiger partial charge is 0.498 e. The molecule has 11 nitrogen and oxygen atoms in total. The van der Waals surface area contributed by atoms with Crippen LogP contribution >= 0.6 is 0 Å². The summed E-state index contributed by atoms with van der Waals surface area (Å²) in [6.45, 7) is 0. The first-order valence-electron chi connectivity index (χ1n) is 7.29. The highest BCUT2D eigenvalue weighted by Crippen LogP contribution is 2.42. The molecule has 1 aliphatic carbocycles. The summed E-state index contributed by atoms with van der Waals surface area (Å²) < 4.78 is 72.3. The molecule has 0 radical (unpaired) electrons. The number of carbonyl (C=O) groups excluding carboxylic acids is 1. The Morgan fingerprint density at radius 3 is 1.79 bits per heavy atom. The summed E-state index contributed by atoms with van der Waals surface area (Å²) in [6, 6.07) is 5.05. The van der Waals surface area contributed by atoms with Crippen LogP contribution in [-0.4, -0.2) is 66.0 Å². The van der Waals surface area contributed by atoms with Gasteiger partial charge in [0.25, 0.3) is 24.3 Å². The second-order valence-electron chi connectivity index (χ2n) is 5.67. The minimum Gasteiger partial charge on any atom is -0.498 e. The molecule has 1 aromatic rings. The van der Waals surface area contributed by atoms with E-state index in [4.69, 9.17) is 4.74 Å². The third-order valence-electron chi connectivity index (χ3n) is 3.99. The van der Waals surface area contributed by atoms with Crippen LogP contribution in [0.1, 0.15) is 10.4 Å². The van der Waals surface area contributed by atoms with Crippen LogP contribution in [0.3, 0.4) is 0 Å². The second-order valence-corrected chi connectivity index (χ2v) is 9.12.